The fourth-order valence-electron chi connectivity index (χ4n) is 2.80. The minimum atomic E-state index is 0. The van der Waals surface area contributed by atoms with E-state index in [-0.39, 0.29) is 29.5 Å². The average molecular weight is 433 g/mol. The zero-order valence-electron chi connectivity index (χ0n) is 15.4. The summed E-state index contributed by atoms with van der Waals surface area (Å²) in [6.07, 6.45) is 4.99. The van der Waals surface area contributed by atoms with Crippen molar-refractivity contribution in [3.63, 3.8) is 0 Å². The molecule has 1 saturated heterocycles. The van der Waals surface area contributed by atoms with Crippen molar-refractivity contribution in [2.24, 2.45) is 10.4 Å². The smallest absolute Gasteiger partial charge is 0.194 e. The van der Waals surface area contributed by atoms with Crippen molar-refractivity contribution in [3.05, 3.63) is 18.0 Å². The molecule has 0 aromatic carbocycles. The Labute approximate surface area is 157 Å². The number of aliphatic imine (C=N–C) groups is 1. The lowest BCUT2D eigenvalue weighted by Gasteiger charge is -2.62. The number of halogens is 1. The van der Waals surface area contributed by atoms with E-state index in [9.17, 15) is 0 Å². The summed E-state index contributed by atoms with van der Waals surface area (Å²) in [7, 11) is 0. The molecule has 2 heterocycles. The fourth-order valence-corrected chi connectivity index (χ4v) is 2.80. The summed E-state index contributed by atoms with van der Waals surface area (Å²) in [4.78, 5) is 7.21. The first-order valence-electron chi connectivity index (χ1n) is 8.33. The summed E-state index contributed by atoms with van der Waals surface area (Å²) in [5.41, 5.74) is 1.68. The third-order valence-electron chi connectivity index (χ3n) is 5.04. The molecule has 0 aliphatic carbocycles. The molecule has 6 heteroatoms. The molecule has 0 radical (unpaired) electrons. The third kappa shape index (κ3) is 4.39. The summed E-state index contributed by atoms with van der Waals surface area (Å²) in [5.74, 6) is 1.04. The second-order valence-corrected chi connectivity index (χ2v) is 7.40. The van der Waals surface area contributed by atoms with E-state index < -0.39 is 0 Å². The molecule has 0 unspecified atom stereocenters. The van der Waals surface area contributed by atoms with Crippen LogP contribution < -0.4 is 5.32 Å². The first-order valence-corrected chi connectivity index (χ1v) is 8.33. The summed E-state index contributed by atoms with van der Waals surface area (Å²) in [6, 6.07) is 0. The number of nitrogens with one attached hydrogen (secondary N) is 1. The van der Waals surface area contributed by atoms with Gasteiger partial charge in [-0.1, -0.05) is 13.8 Å². The number of hydrogen-bond acceptors (Lipinski definition) is 2. The average Bonchev–Trinajstić information content (AvgIpc) is 2.85. The fraction of sp³-hybridized carbons (Fsp3) is 0.765. The highest BCUT2D eigenvalue weighted by molar-refractivity contribution is 14.0. The number of aromatic nitrogens is 2. The Morgan fingerprint density at radius 2 is 2.04 bits per heavy atom. The highest BCUT2D eigenvalue weighted by Gasteiger charge is 2.53. The first-order chi connectivity index (χ1) is 10.3. The zero-order chi connectivity index (χ0) is 16.4. The zero-order valence-corrected chi connectivity index (χ0v) is 17.7. The van der Waals surface area contributed by atoms with Gasteiger partial charge in [0.1, 0.15) is 0 Å². The molecular weight excluding hydrogens is 401 g/mol. The SMILES string of the molecule is CCNC(=NCCCn1cc(C)cn1)N1CC(C)(C)C1(C)C.I. The number of likely N-dealkylation sites (tertiary alicyclic amines) is 1. The minimum Gasteiger partial charge on any atom is -0.356 e. The van der Waals surface area contributed by atoms with Crippen molar-refractivity contribution < 1.29 is 0 Å². The van der Waals surface area contributed by atoms with E-state index in [0.29, 0.717) is 5.41 Å². The van der Waals surface area contributed by atoms with Crippen LogP contribution in [0.2, 0.25) is 0 Å². The Hall–Kier alpha value is -0.790. The standard InChI is InChI=1S/C17H31N5.HI/c1-7-18-15(22-13-16(3,4)17(22,5)6)19-9-8-10-21-12-14(2)11-20-21;/h11-12H,7-10,13H2,1-6H3,(H,18,19);1H. The Morgan fingerprint density at radius 1 is 1.35 bits per heavy atom. The molecule has 0 atom stereocenters. The molecule has 5 nitrogen and oxygen atoms in total. The highest BCUT2D eigenvalue weighted by Crippen LogP contribution is 2.46. The molecule has 132 valence electrons. The molecule has 1 aromatic heterocycles. The van der Waals surface area contributed by atoms with Crippen LogP contribution in [0.15, 0.2) is 17.4 Å². The number of guanidine groups is 1. The van der Waals surface area contributed by atoms with Gasteiger partial charge in [0.25, 0.3) is 0 Å². The number of hydrogen-bond donors (Lipinski definition) is 1. The van der Waals surface area contributed by atoms with E-state index in [2.05, 4.69) is 63.1 Å². The molecule has 1 aliphatic rings. The van der Waals surface area contributed by atoms with Crippen LogP contribution in [0.25, 0.3) is 0 Å². The van der Waals surface area contributed by atoms with Gasteiger partial charge in [-0.05, 0) is 39.7 Å². The van der Waals surface area contributed by atoms with Gasteiger partial charge in [-0.2, -0.15) is 5.10 Å². The van der Waals surface area contributed by atoms with Gasteiger partial charge in [0.05, 0.1) is 6.20 Å². The normalized spacial score (nSPS) is 19.0. The molecule has 1 aromatic rings. The predicted molar refractivity (Wildman–Crippen MR) is 108 cm³/mol. The largest absolute Gasteiger partial charge is 0.356 e. The molecule has 0 amide bonds. The van der Waals surface area contributed by atoms with Crippen molar-refractivity contribution in [1.82, 2.24) is 20.0 Å². The minimum absolute atomic E-state index is 0. The molecule has 2 rings (SSSR count). The van der Waals surface area contributed by atoms with Crippen LogP contribution in [0.1, 0.15) is 46.6 Å². The number of nitrogens with zero attached hydrogens (tertiary/aromatic N) is 4. The quantitative estimate of drug-likeness (QED) is 0.336. The van der Waals surface area contributed by atoms with E-state index >= 15 is 0 Å². The van der Waals surface area contributed by atoms with Crippen molar-refractivity contribution in [2.75, 3.05) is 19.6 Å². The maximum absolute atomic E-state index is 4.81. The Balaban J connectivity index is 0.00000264. The maximum Gasteiger partial charge on any atom is 0.194 e. The van der Waals surface area contributed by atoms with Crippen LogP contribution in [0.5, 0.6) is 0 Å². The van der Waals surface area contributed by atoms with Crippen molar-refractivity contribution in [1.29, 1.82) is 0 Å². The third-order valence-corrected chi connectivity index (χ3v) is 5.04. The molecule has 0 saturated carbocycles. The van der Waals surface area contributed by atoms with Gasteiger partial charge in [-0.3, -0.25) is 9.67 Å². The number of rotatable bonds is 5. The van der Waals surface area contributed by atoms with Gasteiger partial charge in [-0.15, -0.1) is 24.0 Å². The predicted octanol–water partition coefficient (Wildman–Crippen LogP) is 3.29. The monoisotopic (exact) mass is 433 g/mol. The summed E-state index contributed by atoms with van der Waals surface area (Å²) in [6.45, 7) is 17.2. The Kier molecular flexibility index (Phi) is 6.92. The van der Waals surface area contributed by atoms with Gasteiger partial charge in [0, 0.05) is 43.3 Å². The first kappa shape index (κ1) is 20.3. The molecule has 23 heavy (non-hydrogen) atoms. The lowest BCUT2D eigenvalue weighted by molar-refractivity contribution is -0.0667. The lowest BCUT2D eigenvalue weighted by atomic mass is 9.65. The summed E-state index contributed by atoms with van der Waals surface area (Å²) >= 11 is 0. The molecule has 1 aliphatic heterocycles. The van der Waals surface area contributed by atoms with Crippen LogP contribution in [-0.2, 0) is 6.54 Å². The van der Waals surface area contributed by atoms with Crippen LogP contribution in [0, 0.1) is 12.3 Å². The van der Waals surface area contributed by atoms with Gasteiger partial charge in [-0.25, -0.2) is 0 Å². The molecule has 1 N–H and O–H groups in total. The van der Waals surface area contributed by atoms with Gasteiger partial charge < -0.3 is 10.2 Å². The van der Waals surface area contributed by atoms with Crippen LogP contribution in [0.4, 0.5) is 0 Å². The topological polar surface area (TPSA) is 45.5 Å². The van der Waals surface area contributed by atoms with Crippen molar-refractivity contribution in [3.8, 4) is 0 Å². The van der Waals surface area contributed by atoms with Gasteiger partial charge in [0.2, 0.25) is 0 Å². The second kappa shape index (κ2) is 7.85. The summed E-state index contributed by atoms with van der Waals surface area (Å²) in [5, 5.41) is 7.75. The van der Waals surface area contributed by atoms with Gasteiger partial charge >= 0.3 is 0 Å². The Morgan fingerprint density at radius 3 is 2.52 bits per heavy atom. The highest BCUT2D eigenvalue weighted by atomic mass is 127. The van der Waals surface area contributed by atoms with Crippen LogP contribution in [-0.4, -0.2) is 45.8 Å². The molecule has 1 fully saturated rings. The molecule has 0 bridgehead atoms. The van der Waals surface area contributed by atoms with E-state index in [1.54, 1.807) is 0 Å². The van der Waals surface area contributed by atoms with Crippen LogP contribution in [0.3, 0.4) is 0 Å². The van der Waals surface area contributed by atoms with E-state index in [4.69, 9.17) is 4.99 Å². The summed E-state index contributed by atoms with van der Waals surface area (Å²) < 4.78 is 1.99. The lowest BCUT2D eigenvalue weighted by Crippen LogP contribution is -2.72. The molecule has 0 spiro atoms. The molecular formula is C17H32IN5. The van der Waals surface area contributed by atoms with Crippen molar-refractivity contribution >= 4 is 29.9 Å². The Bertz CT molecular complexity index is 533. The number of aryl methyl sites for hydroxylation is 2. The maximum atomic E-state index is 4.81. The van der Waals surface area contributed by atoms with E-state index in [0.717, 1.165) is 38.6 Å². The van der Waals surface area contributed by atoms with Crippen molar-refractivity contribution in [2.45, 2.75) is 60.0 Å². The van der Waals surface area contributed by atoms with Crippen LogP contribution >= 0.6 is 24.0 Å². The van der Waals surface area contributed by atoms with E-state index in [1.165, 1.54) is 5.56 Å². The van der Waals surface area contributed by atoms with E-state index in [1.807, 2.05) is 10.9 Å². The van der Waals surface area contributed by atoms with Gasteiger partial charge in [0.15, 0.2) is 5.96 Å². The second-order valence-electron chi connectivity index (χ2n) is 7.40.